The van der Waals surface area contributed by atoms with Crippen molar-refractivity contribution in [3.8, 4) is 0 Å². The maximum atomic E-state index is 14.1. The second-order valence-corrected chi connectivity index (χ2v) is 8.48. The van der Waals surface area contributed by atoms with Crippen molar-refractivity contribution >= 4 is 35.3 Å². The molecule has 1 heterocycles. The fourth-order valence-corrected chi connectivity index (χ4v) is 4.87. The monoisotopic (exact) mass is 410 g/mol. The highest BCUT2D eigenvalue weighted by Crippen LogP contribution is 2.42. The lowest BCUT2D eigenvalue weighted by Crippen LogP contribution is -2.46. The summed E-state index contributed by atoms with van der Waals surface area (Å²) in [5, 5.41) is 3.07. The molecule has 0 saturated heterocycles. The van der Waals surface area contributed by atoms with Gasteiger partial charge in [-0.15, -0.1) is 0 Å². The molecule has 2 amide bonds. The Bertz CT molecular complexity index is 953. The van der Waals surface area contributed by atoms with Gasteiger partial charge in [0.1, 0.15) is 12.4 Å². The van der Waals surface area contributed by atoms with E-state index in [1.807, 2.05) is 24.3 Å². The first-order chi connectivity index (χ1) is 14.1. The lowest BCUT2D eigenvalue weighted by molar-refractivity contribution is -0.123. The quantitative estimate of drug-likeness (QED) is 0.740. The molecule has 4 rings (SSSR count). The van der Waals surface area contributed by atoms with Crippen molar-refractivity contribution in [2.45, 2.75) is 43.0 Å². The van der Waals surface area contributed by atoms with Gasteiger partial charge in [-0.25, -0.2) is 4.39 Å². The highest BCUT2D eigenvalue weighted by molar-refractivity contribution is 8.04. The van der Waals surface area contributed by atoms with Gasteiger partial charge in [-0.3, -0.25) is 14.5 Å². The summed E-state index contributed by atoms with van der Waals surface area (Å²) in [7, 11) is 0. The van der Waals surface area contributed by atoms with Crippen LogP contribution >= 0.6 is 11.8 Å². The van der Waals surface area contributed by atoms with Gasteiger partial charge in [0, 0.05) is 16.5 Å². The molecule has 0 radical (unpaired) electrons. The first-order valence-corrected chi connectivity index (χ1v) is 10.8. The SMILES string of the molecule is O=C(CN1C(=O)/C(=C/c2ccccc2F)Sc2ccccc21)NC1CCCCC1. The smallest absolute Gasteiger partial charge is 0.265 e. The third-order valence-electron chi connectivity index (χ3n) is 5.30. The highest BCUT2D eigenvalue weighted by Gasteiger charge is 2.31. The number of para-hydroxylation sites is 1. The molecule has 2 aliphatic rings. The minimum Gasteiger partial charge on any atom is -0.352 e. The van der Waals surface area contributed by atoms with E-state index in [0.717, 1.165) is 30.6 Å². The number of nitrogens with zero attached hydrogens (tertiary/aromatic N) is 1. The van der Waals surface area contributed by atoms with Crippen LogP contribution in [0.5, 0.6) is 0 Å². The van der Waals surface area contributed by atoms with Crippen molar-refractivity contribution in [2.24, 2.45) is 0 Å². The minimum absolute atomic E-state index is 0.0402. The third-order valence-corrected chi connectivity index (χ3v) is 6.37. The van der Waals surface area contributed by atoms with E-state index in [0.29, 0.717) is 16.2 Å². The molecule has 4 nitrogen and oxygen atoms in total. The van der Waals surface area contributed by atoms with Gasteiger partial charge in [0.05, 0.1) is 10.6 Å². The number of thioether (sulfide) groups is 1. The molecule has 150 valence electrons. The van der Waals surface area contributed by atoms with Crippen molar-refractivity contribution in [1.29, 1.82) is 0 Å². The molecule has 1 N–H and O–H groups in total. The van der Waals surface area contributed by atoms with Gasteiger partial charge in [0.25, 0.3) is 5.91 Å². The largest absolute Gasteiger partial charge is 0.352 e. The number of hydrogen-bond acceptors (Lipinski definition) is 3. The van der Waals surface area contributed by atoms with E-state index >= 15 is 0 Å². The fourth-order valence-electron chi connectivity index (χ4n) is 3.82. The number of rotatable bonds is 4. The van der Waals surface area contributed by atoms with Crippen LogP contribution < -0.4 is 10.2 Å². The van der Waals surface area contributed by atoms with Crippen LogP contribution in [0.2, 0.25) is 0 Å². The summed E-state index contributed by atoms with van der Waals surface area (Å²) in [6.07, 6.45) is 7.01. The van der Waals surface area contributed by atoms with Crippen LogP contribution in [0.15, 0.2) is 58.3 Å². The van der Waals surface area contributed by atoms with Crippen molar-refractivity contribution in [2.75, 3.05) is 11.4 Å². The van der Waals surface area contributed by atoms with Crippen LogP contribution in [0.1, 0.15) is 37.7 Å². The number of carbonyl (C=O) groups excluding carboxylic acids is 2. The molecule has 1 aliphatic heterocycles. The van der Waals surface area contributed by atoms with Gasteiger partial charge in [-0.05, 0) is 37.1 Å². The Hall–Kier alpha value is -2.60. The van der Waals surface area contributed by atoms with E-state index in [9.17, 15) is 14.0 Å². The second-order valence-electron chi connectivity index (χ2n) is 7.39. The van der Waals surface area contributed by atoms with Crippen LogP contribution in [0.25, 0.3) is 6.08 Å². The van der Waals surface area contributed by atoms with E-state index in [4.69, 9.17) is 0 Å². The van der Waals surface area contributed by atoms with E-state index < -0.39 is 0 Å². The molecule has 0 bridgehead atoms. The third kappa shape index (κ3) is 4.53. The van der Waals surface area contributed by atoms with Crippen LogP contribution in [-0.4, -0.2) is 24.4 Å². The molecule has 2 aromatic rings. The highest BCUT2D eigenvalue weighted by atomic mass is 32.2. The summed E-state index contributed by atoms with van der Waals surface area (Å²) in [6.45, 7) is -0.0402. The number of nitrogens with one attached hydrogen (secondary N) is 1. The summed E-state index contributed by atoms with van der Waals surface area (Å²) < 4.78 is 14.1. The summed E-state index contributed by atoms with van der Waals surface area (Å²) >= 11 is 1.31. The maximum Gasteiger partial charge on any atom is 0.265 e. The standard InChI is InChI=1S/C23H23FN2O2S/c24-18-11-5-4-8-16(18)14-21-23(28)26(19-12-6-7-13-20(19)29-21)15-22(27)25-17-9-2-1-3-10-17/h4-8,11-14,17H,1-3,9-10,15H2,(H,25,27)/b21-14-. The van der Waals surface area contributed by atoms with Crippen LogP contribution in [0.4, 0.5) is 10.1 Å². The molecule has 2 aromatic carbocycles. The average molecular weight is 411 g/mol. The first-order valence-electron chi connectivity index (χ1n) is 9.96. The van der Waals surface area contributed by atoms with Gasteiger partial charge in [-0.2, -0.15) is 0 Å². The predicted molar refractivity (Wildman–Crippen MR) is 114 cm³/mol. The van der Waals surface area contributed by atoms with E-state index in [2.05, 4.69) is 5.32 Å². The molecule has 1 saturated carbocycles. The van der Waals surface area contributed by atoms with Crippen molar-refractivity contribution in [1.82, 2.24) is 5.32 Å². The number of amides is 2. The van der Waals surface area contributed by atoms with Gasteiger partial charge in [0.2, 0.25) is 5.91 Å². The van der Waals surface area contributed by atoms with Gasteiger partial charge < -0.3 is 5.32 Å². The number of benzene rings is 2. The zero-order chi connectivity index (χ0) is 20.2. The van der Waals surface area contributed by atoms with Gasteiger partial charge in [0.15, 0.2) is 0 Å². The Kier molecular flexibility index (Phi) is 6.00. The van der Waals surface area contributed by atoms with Crippen LogP contribution in [-0.2, 0) is 9.59 Å². The number of hydrogen-bond donors (Lipinski definition) is 1. The maximum absolute atomic E-state index is 14.1. The molecule has 1 fully saturated rings. The van der Waals surface area contributed by atoms with Crippen LogP contribution in [0.3, 0.4) is 0 Å². The van der Waals surface area contributed by atoms with Gasteiger partial charge >= 0.3 is 0 Å². The Labute approximate surface area is 174 Å². The van der Waals surface area contributed by atoms with E-state index in [1.54, 1.807) is 24.3 Å². The first kappa shape index (κ1) is 19.7. The molecule has 0 unspecified atom stereocenters. The Morgan fingerprint density at radius 1 is 1.10 bits per heavy atom. The Balaban J connectivity index is 1.59. The fraction of sp³-hybridized carbons (Fsp3) is 0.304. The molecule has 6 heteroatoms. The average Bonchev–Trinajstić information content (AvgIpc) is 2.73. The lowest BCUT2D eigenvalue weighted by Gasteiger charge is -2.31. The topological polar surface area (TPSA) is 49.4 Å². The second kappa shape index (κ2) is 8.82. The summed E-state index contributed by atoms with van der Waals surface area (Å²) in [6, 6.07) is 14.0. The summed E-state index contributed by atoms with van der Waals surface area (Å²) in [5.41, 5.74) is 1.07. The van der Waals surface area contributed by atoms with Gasteiger partial charge in [-0.1, -0.05) is 61.4 Å². The lowest BCUT2D eigenvalue weighted by atomic mass is 9.95. The molecular formula is C23H23FN2O2S. The zero-order valence-corrected chi connectivity index (χ0v) is 16.9. The predicted octanol–water partition coefficient (Wildman–Crippen LogP) is 4.75. The molecule has 0 atom stereocenters. The molecule has 1 aliphatic carbocycles. The number of halogens is 1. The molecule has 0 aromatic heterocycles. The number of carbonyl (C=O) groups is 2. The number of fused-ring (bicyclic) bond motifs is 1. The number of anilines is 1. The van der Waals surface area contributed by atoms with Crippen molar-refractivity contribution in [3.05, 3.63) is 64.8 Å². The molecular weight excluding hydrogens is 387 g/mol. The Morgan fingerprint density at radius 2 is 1.83 bits per heavy atom. The van der Waals surface area contributed by atoms with Crippen LogP contribution in [0, 0.1) is 5.82 Å². The van der Waals surface area contributed by atoms with E-state index in [-0.39, 0.29) is 30.2 Å². The minimum atomic E-state index is -0.381. The van der Waals surface area contributed by atoms with Crippen molar-refractivity contribution < 1.29 is 14.0 Å². The molecule has 0 spiro atoms. The summed E-state index contributed by atoms with van der Waals surface area (Å²) in [5.74, 6) is -0.818. The molecule has 29 heavy (non-hydrogen) atoms. The van der Waals surface area contributed by atoms with Crippen molar-refractivity contribution in [3.63, 3.8) is 0 Å². The van der Waals surface area contributed by atoms with E-state index in [1.165, 1.54) is 29.1 Å². The zero-order valence-electron chi connectivity index (χ0n) is 16.1. The Morgan fingerprint density at radius 3 is 2.62 bits per heavy atom. The summed E-state index contributed by atoms with van der Waals surface area (Å²) in [4.78, 5) is 28.6. The normalized spacial score (nSPS) is 18.6.